The molecular weight excluding hydrogens is 599 g/mol. The van der Waals surface area contributed by atoms with E-state index in [2.05, 4.69) is 82.7 Å². The van der Waals surface area contributed by atoms with E-state index in [0.717, 1.165) is 10.4 Å². The highest BCUT2D eigenvalue weighted by Crippen LogP contribution is 2.44. The number of nitrogens with zero attached hydrogens (tertiary/aromatic N) is 4. The van der Waals surface area contributed by atoms with Crippen LogP contribution in [0.2, 0.25) is 5.04 Å². The molecule has 4 aromatic rings. The van der Waals surface area contributed by atoms with Gasteiger partial charge in [-0.25, -0.2) is 14.6 Å². The summed E-state index contributed by atoms with van der Waals surface area (Å²) < 4.78 is 13.8. The van der Waals surface area contributed by atoms with E-state index in [1.807, 2.05) is 36.4 Å². The first kappa shape index (κ1) is 26.2. The predicted octanol–water partition coefficient (Wildman–Crippen LogP) is 2.84. The zero-order chi connectivity index (χ0) is 26.4. The third kappa shape index (κ3) is 4.00. The van der Waals surface area contributed by atoms with Gasteiger partial charge >= 0.3 is 0 Å². The molecule has 1 unspecified atom stereocenters. The summed E-state index contributed by atoms with van der Waals surface area (Å²) >= 11 is 2.10. The van der Waals surface area contributed by atoms with Gasteiger partial charge in [0, 0.05) is 6.42 Å². The number of aromatic nitrogens is 4. The Morgan fingerprint density at radius 3 is 2.22 bits per heavy atom. The van der Waals surface area contributed by atoms with Crippen molar-refractivity contribution in [3.8, 4) is 5.88 Å². The summed E-state index contributed by atoms with van der Waals surface area (Å²) in [6.07, 6.45) is 0.701. The Labute approximate surface area is 230 Å². The molecule has 0 radical (unpaired) electrons. The Bertz CT molecular complexity index is 1360. The molecule has 1 aliphatic rings. The van der Waals surface area contributed by atoms with Crippen molar-refractivity contribution in [1.82, 2.24) is 19.7 Å². The minimum atomic E-state index is -3.05. The van der Waals surface area contributed by atoms with Gasteiger partial charge in [0.25, 0.3) is 0 Å². The molecule has 194 valence electrons. The second-order valence-corrected chi connectivity index (χ2v) is 16.3. The van der Waals surface area contributed by atoms with Crippen LogP contribution in [-0.2, 0) is 10.5 Å². The number of hydrogen-bond acceptors (Lipinski definition) is 7. The van der Waals surface area contributed by atoms with E-state index in [-0.39, 0.29) is 18.1 Å². The van der Waals surface area contributed by atoms with Crippen molar-refractivity contribution in [2.75, 3.05) is 13.7 Å². The molecule has 10 heteroatoms. The molecule has 3 atom stereocenters. The lowest BCUT2D eigenvalue weighted by Crippen LogP contribution is -2.75. The molecular formula is C27H31IN4O4Si. The van der Waals surface area contributed by atoms with Gasteiger partial charge in [0.05, 0.1) is 19.4 Å². The van der Waals surface area contributed by atoms with Crippen LogP contribution >= 0.6 is 22.6 Å². The fourth-order valence-corrected chi connectivity index (χ4v) is 12.5. The van der Waals surface area contributed by atoms with Crippen LogP contribution in [-0.4, -0.2) is 63.6 Å². The molecule has 2 aromatic carbocycles. The lowest BCUT2D eigenvalue weighted by Gasteiger charge is -2.50. The van der Waals surface area contributed by atoms with Gasteiger partial charge in [-0.3, -0.25) is 0 Å². The monoisotopic (exact) mass is 630 g/mol. The molecule has 0 amide bonds. The molecule has 0 saturated carbocycles. The molecule has 5 rings (SSSR count). The van der Waals surface area contributed by atoms with Crippen molar-refractivity contribution in [1.29, 1.82) is 0 Å². The molecule has 2 N–H and O–H groups in total. The van der Waals surface area contributed by atoms with Crippen molar-refractivity contribution >= 4 is 52.1 Å². The zero-order valence-electron chi connectivity index (χ0n) is 21.3. The molecule has 1 aliphatic heterocycles. The minimum absolute atomic E-state index is 0.256. The molecule has 0 bridgehead atoms. The van der Waals surface area contributed by atoms with Crippen LogP contribution in [0.3, 0.4) is 0 Å². The molecule has 0 spiro atoms. The Morgan fingerprint density at radius 2 is 1.68 bits per heavy atom. The summed E-state index contributed by atoms with van der Waals surface area (Å²) in [6, 6.07) is 20.3. The summed E-state index contributed by atoms with van der Waals surface area (Å²) in [7, 11) is -1.51. The van der Waals surface area contributed by atoms with Crippen molar-refractivity contribution in [3.63, 3.8) is 0 Å². The minimum Gasteiger partial charge on any atom is -0.480 e. The second-order valence-electron chi connectivity index (χ2n) is 10.4. The van der Waals surface area contributed by atoms with E-state index in [4.69, 9.17) is 9.47 Å². The third-order valence-electron chi connectivity index (χ3n) is 7.54. The first-order valence-electron chi connectivity index (χ1n) is 12.2. The lowest BCUT2D eigenvalue weighted by molar-refractivity contribution is -0.129. The number of hydrogen-bond donors (Lipinski definition) is 2. The van der Waals surface area contributed by atoms with Gasteiger partial charge in [0.2, 0.25) is 5.88 Å². The van der Waals surface area contributed by atoms with E-state index >= 15 is 0 Å². The fourth-order valence-electron chi connectivity index (χ4n) is 5.94. The van der Waals surface area contributed by atoms with Gasteiger partial charge in [-0.1, -0.05) is 91.8 Å². The Hall–Kier alpha value is -2.38. The maximum absolute atomic E-state index is 12.6. The zero-order valence-corrected chi connectivity index (χ0v) is 24.5. The third-order valence-corrected chi connectivity index (χ3v) is 14.3. The quantitative estimate of drug-likeness (QED) is 0.250. The maximum atomic E-state index is 12.6. The average Bonchev–Trinajstić information content (AvgIpc) is 3.45. The van der Waals surface area contributed by atoms with Gasteiger partial charge in [0.15, 0.2) is 19.4 Å². The van der Waals surface area contributed by atoms with Crippen molar-refractivity contribution < 1.29 is 19.7 Å². The van der Waals surface area contributed by atoms with E-state index in [0.29, 0.717) is 20.6 Å². The first-order chi connectivity index (χ1) is 17.7. The Morgan fingerprint density at radius 1 is 1.08 bits per heavy atom. The van der Waals surface area contributed by atoms with Gasteiger partial charge < -0.3 is 19.7 Å². The Balaban J connectivity index is 1.74. The highest BCUT2D eigenvalue weighted by molar-refractivity contribution is 14.1. The van der Waals surface area contributed by atoms with E-state index < -0.39 is 25.6 Å². The van der Waals surface area contributed by atoms with Gasteiger partial charge in [-0.05, 0) is 27.6 Å². The van der Waals surface area contributed by atoms with Crippen molar-refractivity contribution in [3.05, 3.63) is 70.7 Å². The number of ether oxygens (including phenoxy) is 2. The summed E-state index contributed by atoms with van der Waals surface area (Å²) in [5, 5.41) is 32.0. The van der Waals surface area contributed by atoms with Crippen LogP contribution in [0.5, 0.6) is 5.88 Å². The average molecular weight is 631 g/mol. The number of fused-ring (bicyclic) bond motifs is 1. The van der Waals surface area contributed by atoms with E-state index in [1.165, 1.54) is 18.1 Å². The summed E-state index contributed by atoms with van der Waals surface area (Å²) in [6.45, 7) is 6.78. The van der Waals surface area contributed by atoms with Gasteiger partial charge in [-0.2, -0.15) is 5.10 Å². The van der Waals surface area contributed by atoms with Crippen LogP contribution in [0.15, 0.2) is 67.0 Å². The molecule has 0 aliphatic carbocycles. The van der Waals surface area contributed by atoms with E-state index in [1.54, 1.807) is 0 Å². The standard InChI is InChI=1S/C27H31IN4O4Si/c1-26(2,3)37(18-11-7-5-8-12-18,19-13-9-6-10-14-19)25(33)21-27(34,15-16-36-21)32-23-20(22(28)31-32)24(35-4)30-17-29-23/h5-14,17,21,25,33-34H,15-16H2,1-4H3/t21-,25?,27-/m1/s1. The molecule has 1 fully saturated rings. The summed E-state index contributed by atoms with van der Waals surface area (Å²) in [5.74, 6) is 0.382. The highest BCUT2D eigenvalue weighted by atomic mass is 127. The molecule has 37 heavy (non-hydrogen) atoms. The highest BCUT2D eigenvalue weighted by Gasteiger charge is 2.61. The van der Waals surface area contributed by atoms with Crippen molar-refractivity contribution in [2.45, 2.75) is 49.8 Å². The van der Waals surface area contributed by atoms with E-state index in [9.17, 15) is 10.2 Å². The number of halogens is 1. The fraction of sp³-hybridized carbons (Fsp3) is 0.370. The number of methoxy groups -OCH3 is 1. The largest absolute Gasteiger partial charge is 0.480 e. The van der Waals surface area contributed by atoms with Crippen LogP contribution < -0.4 is 15.1 Å². The van der Waals surface area contributed by atoms with Gasteiger partial charge in [0.1, 0.15) is 21.5 Å². The smallest absolute Gasteiger partial charge is 0.228 e. The molecule has 3 heterocycles. The second kappa shape index (κ2) is 9.73. The van der Waals surface area contributed by atoms with Crippen molar-refractivity contribution in [2.24, 2.45) is 0 Å². The SMILES string of the molecule is COc1ncnc2c1c(I)nn2[C@@]1(O)CCO[C@@H]1C(O)[Si](c1ccccc1)(c1ccccc1)C(C)(C)C. The number of rotatable bonds is 6. The summed E-state index contributed by atoms with van der Waals surface area (Å²) in [4.78, 5) is 8.65. The van der Waals surface area contributed by atoms with Crippen LogP contribution in [0, 0.1) is 3.70 Å². The molecule has 8 nitrogen and oxygen atoms in total. The summed E-state index contributed by atoms with van der Waals surface area (Å²) in [5.41, 5.74) is -2.21. The number of aliphatic hydroxyl groups excluding tert-OH is 1. The lowest BCUT2D eigenvalue weighted by atomic mass is 10.1. The number of aliphatic hydroxyl groups is 2. The first-order valence-corrected chi connectivity index (χ1v) is 15.4. The Kier molecular flexibility index (Phi) is 6.90. The molecule has 1 saturated heterocycles. The van der Waals surface area contributed by atoms with Crippen LogP contribution in [0.25, 0.3) is 11.0 Å². The topological polar surface area (TPSA) is 103 Å². The van der Waals surface area contributed by atoms with Gasteiger partial charge in [-0.15, -0.1) is 0 Å². The molecule has 2 aromatic heterocycles. The predicted molar refractivity (Wildman–Crippen MR) is 153 cm³/mol. The van der Waals surface area contributed by atoms with Crippen LogP contribution in [0.4, 0.5) is 0 Å². The normalized spacial score (nSPS) is 21.3. The van der Waals surface area contributed by atoms with Crippen LogP contribution in [0.1, 0.15) is 27.2 Å². The number of benzene rings is 2. The maximum Gasteiger partial charge on any atom is 0.228 e.